The van der Waals surface area contributed by atoms with Crippen molar-refractivity contribution >= 4 is 23.2 Å². The van der Waals surface area contributed by atoms with Crippen LogP contribution < -0.4 is 0 Å². The third-order valence-electron chi connectivity index (χ3n) is 1.64. The highest BCUT2D eigenvalue weighted by molar-refractivity contribution is 6.42. The summed E-state index contributed by atoms with van der Waals surface area (Å²) in [4.78, 5) is 4.09. The summed E-state index contributed by atoms with van der Waals surface area (Å²) >= 11 is 11.7. The van der Waals surface area contributed by atoms with Crippen molar-refractivity contribution in [3.05, 3.63) is 27.5 Å². The van der Waals surface area contributed by atoms with Crippen LogP contribution in [0.3, 0.4) is 0 Å². The zero-order valence-corrected chi connectivity index (χ0v) is 8.00. The lowest BCUT2D eigenvalue weighted by atomic mass is 10.1. The van der Waals surface area contributed by atoms with Crippen LogP contribution in [0.1, 0.15) is 18.2 Å². The van der Waals surface area contributed by atoms with Crippen LogP contribution >= 0.6 is 23.2 Å². The Balaban J connectivity index is 3.29. The molecular formula is C8H9Cl2N. The van der Waals surface area contributed by atoms with Crippen molar-refractivity contribution in [3.63, 3.8) is 0 Å². The molecule has 11 heavy (non-hydrogen) atoms. The van der Waals surface area contributed by atoms with Crippen molar-refractivity contribution in [1.29, 1.82) is 0 Å². The van der Waals surface area contributed by atoms with Crippen LogP contribution in [0.5, 0.6) is 0 Å². The molecule has 1 nitrogen and oxygen atoms in total. The Morgan fingerprint density at radius 1 is 1.45 bits per heavy atom. The molecule has 1 rings (SSSR count). The van der Waals surface area contributed by atoms with E-state index in [4.69, 9.17) is 23.2 Å². The molecule has 0 saturated heterocycles. The van der Waals surface area contributed by atoms with Gasteiger partial charge in [-0.15, -0.1) is 0 Å². The van der Waals surface area contributed by atoms with Crippen molar-refractivity contribution in [2.24, 2.45) is 0 Å². The van der Waals surface area contributed by atoms with Gasteiger partial charge in [-0.1, -0.05) is 30.1 Å². The van der Waals surface area contributed by atoms with Gasteiger partial charge in [0.2, 0.25) is 0 Å². The minimum atomic E-state index is 0.536. The van der Waals surface area contributed by atoms with Gasteiger partial charge >= 0.3 is 0 Å². The lowest BCUT2D eigenvalue weighted by Gasteiger charge is -2.04. The largest absolute Gasteiger partial charge is 0.260 e. The van der Waals surface area contributed by atoms with Gasteiger partial charge in [-0.25, -0.2) is 0 Å². The fraction of sp³-hybridized carbons (Fsp3) is 0.375. The Kier molecular flexibility index (Phi) is 2.74. The van der Waals surface area contributed by atoms with E-state index < -0.39 is 0 Å². The Morgan fingerprint density at radius 2 is 2.09 bits per heavy atom. The Bertz CT molecular complexity index is 271. The highest BCUT2D eigenvalue weighted by Crippen LogP contribution is 2.26. The van der Waals surface area contributed by atoms with Gasteiger partial charge in [-0.05, 0) is 18.9 Å². The Hall–Kier alpha value is -0.270. The molecule has 0 radical (unpaired) electrons. The minimum Gasteiger partial charge on any atom is -0.260 e. The number of hydrogen-bond acceptors (Lipinski definition) is 1. The molecule has 0 aromatic carbocycles. The van der Waals surface area contributed by atoms with Crippen molar-refractivity contribution in [2.45, 2.75) is 20.3 Å². The molecule has 0 N–H and O–H groups in total. The predicted octanol–water partition coefficient (Wildman–Crippen LogP) is 3.26. The number of pyridine rings is 1. The molecule has 0 saturated carbocycles. The molecule has 1 heterocycles. The lowest BCUT2D eigenvalue weighted by molar-refractivity contribution is 1.05. The number of aryl methyl sites for hydroxylation is 1. The number of rotatable bonds is 1. The maximum Gasteiger partial charge on any atom is 0.0778 e. The lowest BCUT2D eigenvalue weighted by Crippen LogP contribution is -1.91. The highest BCUT2D eigenvalue weighted by atomic mass is 35.5. The average Bonchev–Trinajstić information content (AvgIpc) is 1.99. The van der Waals surface area contributed by atoms with E-state index in [0.29, 0.717) is 10.0 Å². The van der Waals surface area contributed by atoms with E-state index in [-0.39, 0.29) is 0 Å². The second-order valence-electron chi connectivity index (χ2n) is 2.34. The second kappa shape index (κ2) is 3.42. The molecule has 1 aromatic heterocycles. The summed E-state index contributed by atoms with van der Waals surface area (Å²) in [5, 5.41) is 1.18. The van der Waals surface area contributed by atoms with Crippen LogP contribution in [-0.4, -0.2) is 4.98 Å². The number of halogens is 2. The first-order chi connectivity index (χ1) is 5.16. The smallest absolute Gasteiger partial charge is 0.0778 e. The SMILES string of the molecule is CCc1c(C)ncc(Cl)c1Cl. The van der Waals surface area contributed by atoms with E-state index >= 15 is 0 Å². The van der Waals surface area contributed by atoms with Crippen LogP contribution in [0.2, 0.25) is 10.0 Å². The summed E-state index contributed by atoms with van der Waals surface area (Å²) in [7, 11) is 0. The summed E-state index contributed by atoms with van der Waals surface area (Å²) in [5.41, 5.74) is 2.00. The molecule has 60 valence electrons. The first-order valence-electron chi connectivity index (χ1n) is 3.46. The molecular weight excluding hydrogens is 181 g/mol. The number of hydrogen-bond donors (Lipinski definition) is 0. The molecule has 0 atom stereocenters. The molecule has 0 bridgehead atoms. The topological polar surface area (TPSA) is 12.9 Å². The third-order valence-corrected chi connectivity index (χ3v) is 2.45. The highest BCUT2D eigenvalue weighted by Gasteiger charge is 2.06. The molecule has 0 fully saturated rings. The van der Waals surface area contributed by atoms with Crippen molar-refractivity contribution in [2.75, 3.05) is 0 Å². The molecule has 3 heteroatoms. The van der Waals surface area contributed by atoms with Crippen molar-refractivity contribution in [3.8, 4) is 0 Å². The molecule has 0 spiro atoms. The van der Waals surface area contributed by atoms with Crippen molar-refractivity contribution in [1.82, 2.24) is 4.98 Å². The van der Waals surface area contributed by atoms with E-state index in [9.17, 15) is 0 Å². The summed E-state index contributed by atoms with van der Waals surface area (Å²) in [6.07, 6.45) is 2.45. The summed E-state index contributed by atoms with van der Waals surface area (Å²) in [5.74, 6) is 0. The van der Waals surface area contributed by atoms with Gasteiger partial charge in [-0.3, -0.25) is 4.98 Å². The monoisotopic (exact) mass is 189 g/mol. The quantitative estimate of drug-likeness (QED) is 0.662. The maximum atomic E-state index is 5.93. The molecule has 0 amide bonds. The number of nitrogens with zero attached hydrogens (tertiary/aromatic N) is 1. The molecule has 0 aliphatic carbocycles. The van der Waals surface area contributed by atoms with E-state index in [0.717, 1.165) is 17.7 Å². The molecule has 0 aliphatic heterocycles. The van der Waals surface area contributed by atoms with Gasteiger partial charge < -0.3 is 0 Å². The molecule has 1 aromatic rings. The average molecular weight is 190 g/mol. The van der Waals surface area contributed by atoms with E-state index in [1.54, 1.807) is 6.20 Å². The first-order valence-corrected chi connectivity index (χ1v) is 4.22. The van der Waals surface area contributed by atoms with Crippen molar-refractivity contribution < 1.29 is 0 Å². The van der Waals surface area contributed by atoms with Gasteiger partial charge in [0.25, 0.3) is 0 Å². The standard InChI is InChI=1S/C8H9Cl2N/c1-3-6-5(2)11-4-7(9)8(6)10/h4H,3H2,1-2H3. The second-order valence-corrected chi connectivity index (χ2v) is 3.12. The van der Waals surface area contributed by atoms with Gasteiger partial charge in [0.1, 0.15) is 0 Å². The van der Waals surface area contributed by atoms with Crippen LogP contribution in [0, 0.1) is 6.92 Å². The van der Waals surface area contributed by atoms with Crippen LogP contribution in [0.25, 0.3) is 0 Å². The minimum absolute atomic E-state index is 0.536. The summed E-state index contributed by atoms with van der Waals surface area (Å²) in [6, 6.07) is 0. The van der Waals surface area contributed by atoms with Gasteiger partial charge in [-0.2, -0.15) is 0 Å². The fourth-order valence-corrected chi connectivity index (χ4v) is 1.48. The zero-order chi connectivity index (χ0) is 8.43. The summed E-state index contributed by atoms with van der Waals surface area (Å²) < 4.78 is 0. The molecule has 0 aliphatic rings. The first kappa shape index (κ1) is 8.82. The van der Waals surface area contributed by atoms with Crippen LogP contribution in [-0.2, 0) is 6.42 Å². The van der Waals surface area contributed by atoms with Gasteiger partial charge in [0, 0.05) is 11.9 Å². The Labute approximate surface area is 76.4 Å². The predicted molar refractivity (Wildman–Crippen MR) is 48.4 cm³/mol. The normalized spacial score (nSPS) is 10.2. The van der Waals surface area contributed by atoms with E-state index in [1.165, 1.54) is 0 Å². The maximum absolute atomic E-state index is 5.93. The van der Waals surface area contributed by atoms with Crippen LogP contribution in [0.15, 0.2) is 6.20 Å². The third kappa shape index (κ3) is 1.66. The number of aromatic nitrogens is 1. The fourth-order valence-electron chi connectivity index (χ4n) is 1.00. The van der Waals surface area contributed by atoms with Crippen LogP contribution in [0.4, 0.5) is 0 Å². The zero-order valence-electron chi connectivity index (χ0n) is 6.49. The van der Waals surface area contributed by atoms with E-state index in [1.807, 2.05) is 13.8 Å². The Morgan fingerprint density at radius 3 is 2.55 bits per heavy atom. The van der Waals surface area contributed by atoms with E-state index in [2.05, 4.69) is 4.98 Å². The van der Waals surface area contributed by atoms with Gasteiger partial charge in [0.05, 0.1) is 10.0 Å². The molecule has 0 unspecified atom stereocenters. The van der Waals surface area contributed by atoms with Gasteiger partial charge in [0.15, 0.2) is 0 Å². The summed E-state index contributed by atoms with van der Waals surface area (Å²) in [6.45, 7) is 3.97.